The summed E-state index contributed by atoms with van der Waals surface area (Å²) in [6, 6.07) is 11.8. The van der Waals surface area contributed by atoms with Crippen LogP contribution in [0.5, 0.6) is 5.75 Å². The molecule has 2 aromatic carbocycles. The molecule has 0 fully saturated rings. The molecule has 0 bridgehead atoms. The molecule has 1 aromatic heterocycles. The summed E-state index contributed by atoms with van der Waals surface area (Å²) in [5.74, 6) is -1.53. The van der Waals surface area contributed by atoms with Crippen molar-refractivity contribution >= 4 is 17.3 Å². The Bertz CT molecular complexity index is 1380. The highest BCUT2D eigenvalue weighted by atomic mass is 19.4. The normalized spacial score (nSPS) is 17.0. The van der Waals surface area contributed by atoms with Crippen molar-refractivity contribution in [3.8, 4) is 5.75 Å². The summed E-state index contributed by atoms with van der Waals surface area (Å²) in [4.78, 5) is 42.4. The highest BCUT2D eigenvalue weighted by Crippen LogP contribution is 2.47. The summed E-state index contributed by atoms with van der Waals surface area (Å²) in [7, 11) is 0. The number of fused-ring (bicyclic) bond motifs is 3. The summed E-state index contributed by atoms with van der Waals surface area (Å²) in [6.07, 6.45) is -4.85. The quantitative estimate of drug-likeness (QED) is 0.583. The maximum Gasteiger partial charge on any atom is 0.573 e. The molecular formula is C21H12F3N3O4. The first-order chi connectivity index (χ1) is 14.7. The van der Waals surface area contributed by atoms with Crippen LogP contribution in [-0.2, 0) is 0 Å². The van der Waals surface area contributed by atoms with Crippen molar-refractivity contribution in [3.63, 3.8) is 0 Å². The number of hydrogen-bond donors (Lipinski definition) is 3. The maximum absolute atomic E-state index is 13.2. The number of halogens is 3. The van der Waals surface area contributed by atoms with Crippen LogP contribution in [0.3, 0.4) is 0 Å². The number of allylic oxidation sites excluding steroid dienone is 1. The average Bonchev–Trinajstić information content (AvgIpc) is 2.98. The number of benzene rings is 2. The van der Waals surface area contributed by atoms with E-state index in [0.717, 1.165) is 12.1 Å². The Morgan fingerprint density at radius 1 is 0.871 bits per heavy atom. The Morgan fingerprint density at radius 3 is 2.23 bits per heavy atom. The van der Waals surface area contributed by atoms with Crippen LogP contribution >= 0.6 is 0 Å². The number of H-pyrrole nitrogens is 2. The lowest BCUT2D eigenvalue weighted by atomic mass is 9.81. The maximum atomic E-state index is 13.2. The Balaban J connectivity index is 1.71. The molecule has 10 heteroatoms. The molecule has 1 atom stereocenters. The van der Waals surface area contributed by atoms with Crippen molar-refractivity contribution in [2.45, 2.75) is 12.3 Å². The van der Waals surface area contributed by atoms with E-state index in [0.29, 0.717) is 22.4 Å². The van der Waals surface area contributed by atoms with Gasteiger partial charge in [-0.1, -0.05) is 36.4 Å². The van der Waals surface area contributed by atoms with Gasteiger partial charge in [-0.3, -0.25) is 19.6 Å². The van der Waals surface area contributed by atoms with Crippen LogP contribution in [0, 0.1) is 0 Å². The highest BCUT2D eigenvalue weighted by molar-refractivity contribution is 6.23. The summed E-state index contributed by atoms with van der Waals surface area (Å²) < 4.78 is 41.4. The first-order valence-electron chi connectivity index (χ1n) is 9.10. The number of aromatic nitrogens is 2. The van der Waals surface area contributed by atoms with Crippen molar-refractivity contribution < 1.29 is 22.7 Å². The monoisotopic (exact) mass is 427 g/mol. The topological polar surface area (TPSA) is 104 Å². The van der Waals surface area contributed by atoms with Crippen LogP contribution in [-0.4, -0.2) is 22.1 Å². The second kappa shape index (κ2) is 6.46. The molecule has 0 spiro atoms. The third-order valence-electron chi connectivity index (χ3n) is 5.21. The molecular weight excluding hydrogens is 415 g/mol. The number of hydrogen-bond acceptors (Lipinski definition) is 5. The molecule has 0 unspecified atom stereocenters. The lowest BCUT2D eigenvalue weighted by Gasteiger charge is -2.27. The van der Waals surface area contributed by atoms with Gasteiger partial charge in [-0.05, 0) is 17.7 Å². The van der Waals surface area contributed by atoms with Crippen LogP contribution in [0.25, 0.3) is 5.70 Å². The summed E-state index contributed by atoms with van der Waals surface area (Å²) in [6.45, 7) is 0. The summed E-state index contributed by atoms with van der Waals surface area (Å²) in [5.41, 5.74) is 0.788. The fourth-order valence-electron chi connectivity index (χ4n) is 4.05. The minimum absolute atomic E-state index is 0.0870. The number of Topliss-reactive ketones (excluding diaryl/α,β-unsaturated/α-hetero) is 1. The van der Waals surface area contributed by atoms with E-state index in [1.807, 2.05) is 0 Å². The number of aromatic amines is 2. The number of nitrogens with one attached hydrogen (secondary N) is 3. The zero-order chi connectivity index (χ0) is 21.9. The molecule has 3 aromatic rings. The smallest absolute Gasteiger partial charge is 0.406 e. The molecule has 0 saturated heterocycles. The molecule has 0 radical (unpaired) electrons. The van der Waals surface area contributed by atoms with E-state index in [1.165, 1.54) is 12.1 Å². The van der Waals surface area contributed by atoms with E-state index in [-0.39, 0.29) is 22.7 Å². The number of ether oxygens (including phenoxy) is 1. The third kappa shape index (κ3) is 3.03. The lowest BCUT2D eigenvalue weighted by Crippen LogP contribution is -2.33. The van der Waals surface area contributed by atoms with E-state index in [1.54, 1.807) is 24.3 Å². The van der Waals surface area contributed by atoms with E-state index >= 15 is 0 Å². The second-order valence-corrected chi connectivity index (χ2v) is 7.04. The molecule has 2 aliphatic rings. The number of anilines is 1. The first-order valence-corrected chi connectivity index (χ1v) is 9.10. The van der Waals surface area contributed by atoms with Crippen LogP contribution in [0.1, 0.15) is 33.0 Å². The fraction of sp³-hybridized carbons (Fsp3) is 0.0952. The van der Waals surface area contributed by atoms with Gasteiger partial charge in [-0.25, -0.2) is 4.79 Å². The van der Waals surface area contributed by atoms with Gasteiger partial charge in [0.05, 0.1) is 11.3 Å². The number of ketones is 1. The molecule has 1 aliphatic heterocycles. The van der Waals surface area contributed by atoms with Gasteiger partial charge in [0.15, 0.2) is 5.78 Å². The molecule has 0 amide bonds. The molecule has 31 heavy (non-hydrogen) atoms. The van der Waals surface area contributed by atoms with Gasteiger partial charge in [-0.2, -0.15) is 0 Å². The van der Waals surface area contributed by atoms with E-state index < -0.39 is 29.3 Å². The van der Waals surface area contributed by atoms with Crippen LogP contribution < -0.4 is 21.3 Å². The van der Waals surface area contributed by atoms with Crippen LogP contribution in [0.2, 0.25) is 0 Å². The SMILES string of the molecule is O=C1C2=C(Nc3[nH]c(=O)[nH]c(=O)c3[C@@H]2c2ccc(OC(F)(F)F)cc2)c2ccccc21. The van der Waals surface area contributed by atoms with Gasteiger partial charge in [0.2, 0.25) is 0 Å². The van der Waals surface area contributed by atoms with Crippen molar-refractivity contribution in [2.24, 2.45) is 0 Å². The third-order valence-corrected chi connectivity index (χ3v) is 5.21. The Kier molecular flexibility index (Phi) is 3.94. The van der Waals surface area contributed by atoms with Crippen molar-refractivity contribution in [3.05, 3.63) is 97.2 Å². The van der Waals surface area contributed by atoms with Gasteiger partial charge >= 0.3 is 12.1 Å². The van der Waals surface area contributed by atoms with Gasteiger partial charge in [0.25, 0.3) is 5.56 Å². The minimum atomic E-state index is -4.85. The molecule has 0 saturated carbocycles. The minimum Gasteiger partial charge on any atom is -0.406 e. The molecule has 1 aliphatic carbocycles. The number of carbonyl (C=O) groups is 1. The Morgan fingerprint density at radius 2 is 1.55 bits per heavy atom. The predicted octanol–water partition coefficient (Wildman–Crippen LogP) is 3.13. The number of rotatable bonds is 2. The Hall–Kier alpha value is -4.08. The number of alkyl halides is 3. The first kappa shape index (κ1) is 18.9. The standard InChI is InChI=1S/C21H12F3N3O4/c22-21(23,24)31-10-7-5-9(6-8-10)13-14-16(11-3-1-2-4-12(11)17(14)28)25-18-15(13)19(29)27-20(30)26-18/h1-8,13H,(H3,25,26,27,29,30)/t13-/m1/s1. The van der Waals surface area contributed by atoms with Gasteiger partial charge < -0.3 is 10.1 Å². The molecule has 3 N–H and O–H groups in total. The second-order valence-electron chi connectivity index (χ2n) is 7.04. The summed E-state index contributed by atoms with van der Waals surface area (Å²) in [5, 5.41) is 2.98. The zero-order valence-corrected chi connectivity index (χ0v) is 15.5. The van der Waals surface area contributed by atoms with E-state index in [4.69, 9.17) is 0 Å². The number of carbonyl (C=O) groups excluding carboxylic acids is 1. The molecule has 156 valence electrons. The zero-order valence-electron chi connectivity index (χ0n) is 15.5. The van der Waals surface area contributed by atoms with Gasteiger partial charge in [0.1, 0.15) is 11.6 Å². The van der Waals surface area contributed by atoms with Crippen molar-refractivity contribution in [2.75, 3.05) is 5.32 Å². The van der Waals surface area contributed by atoms with Crippen LogP contribution in [0.4, 0.5) is 19.0 Å². The van der Waals surface area contributed by atoms with E-state index in [2.05, 4.69) is 20.0 Å². The molecule has 2 heterocycles. The van der Waals surface area contributed by atoms with E-state index in [9.17, 15) is 27.6 Å². The van der Waals surface area contributed by atoms with Crippen molar-refractivity contribution in [1.82, 2.24) is 9.97 Å². The van der Waals surface area contributed by atoms with Crippen LogP contribution in [0.15, 0.2) is 63.7 Å². The Labute approximate surface area is 171 Å². The molecule has 7 nitrogen and oxygen atoms in total. The lowest BCUT2D eigenvalue weighted by molar-refractivity contribution is -0.274. The van der Waals surface area contributed by atoms with Crippen molar-refractivity contribution in [1.29, 1.82) is 0 Å². The van der Waals surface area contributed by atoms with Gasteiger partial charge in [-0.15, -0.1) is 13.2 Å². The molecule has 5 rings (SSSR count). The fourth-order valence-corrected chi connectivity index (χ4v) is 4.05. The average molecular weight is 427 g/mol. The predicted molar refractivity (Wildman–Crippen MR) is 104 cm³/mol. The summed E-state index contributed by atoms with van der Waals surface area (Å²) >= 11 is 0. The highest BCUT2D eigenvalue weighted by Gasteiger charge is 2.41. The van der Waals surface area contributed by atoms with Gasteiger partial charge in [0, 0.05) is 22.6 Å². The largest absolute Gasteiger partial charge is 0.573 e.